The van der Waals surface area contributed by atoms with Crippen molar-refractivity contribution in [3.8, 4) is 11.5 Å². The molecule has 0 unspecified atom stereocenters. The summed E-state index contributed by atoms with van der Waals surface area (Å²) in [6, 6.07) is 14.9. The van der Waals surface area contributed by atoms with E-state index in [1.807, 2.05) is 0 Å². The van der Waals surface area contributed by atoms with Crippen LogP contribution in [0.2, 0.25) is 0 Å². The van der Waals surface area contributed by atoms with Crippen molar-refractivity contribution in [1.29, 1.82) is 0 Å². The van der Waals surface area contributed by atoms with Crippen LogP contribution in [-0.2, 0) is 4.74 Å². The quantitative estimate of drug-likeness (QED) is 0.627. The van der Waals surface area contributed by atoms with Crippen molar-refractivity contribution in [3.05, 3.63) is 60.2 Å². The fourth-order valence-corrected chi connectivity index (χ4v) is 1.75. The maximum atomic E-state index is 12.2. The van der Waals surface area contributed by atoms with Crippen LogP contribution >= 0.6 is 0 Å². The minimum atomic E-state index is -0.924. The van der Waals surface area contributed by atoms with Crippen LogP contribution < -0.4 is 9.47 Å². The Bertz CT molecular complexity index is 686. The molecule has 0 aliphatic heterocycles. The monoisotopic (exact) mass is 314 g/mol. The third-order valence-electron chi connectivity index (χ3n) is 2.64. The van der Waals surface area contributed by atoms with Gasteiger partial charge in [-0.05, 0) is 45.0 Å². The largest absolute Gasteiger partial charge is 0.519 e. The Morgan fingerprint density at radius 2 is 1.43 bits per heavy atom. The number of esters is 1. The van der Waals surface area contributed by atoms with E-state index in [0.717, 1.165) is 0 Å². The summed E-state index contributed by atoms with van der Waals surface area (Å²) in [6.45, 7) is 5.29. The number of para-hydroxylation sites is 2. The predicted octanol–water partition coefficient (Wildman–Crippen LogP) is 4.22. The second kappa shape index (κ2) is 6.96. The number of carbonyl (C=O) groups is 2. The van der Waals surface area contributed by atoms with E-state index < -0.39 is 17.7 Å². The molecule has 2 aromatic carbocycles. The average molecular weight is 314 g/mol. The zero-order valence-electron chi connectivity index (χ0n) is 13.2. The second-order valence-electron chi connectivity index (χ2n) is 5.77. The fraction of sp³-hybridized carbons (Fsp3) is 0.222. The van der Waals surface area contributed by atoms with Gasteiger partial charge in [-0.25, -0.2) is 9.59 Å². The Labute approximate surface area is 134 Å². The minimum Gasteiger partial charge on any atom is -0.456 e. The first kappa shape index (κ1) is 16.5. The summed E-state index contributed by atoms with van der Waals surface area (Å²) < 4.78 is 15.5. The highest BCUT2D eigenvalue weighted by Gasteiger charge is 2.22. The minimum absolute atomic E-state index is 0.0858. The van der Waals surface area contributed by atoms with Gasteiger partial charge in [0.25, 0.3) is 0 Å². The Morgan fingerprint density at radius 1 is 0.826 bits per heavy atom. The van der Waals surface area contributed by atoms with Crippen molar-refractivity contribution >= 4 is 12.1 Å². The standard InChI is InChI=1S/C18H18O5/c1-18(2,3)23-16(19)14-11-7-8-12-15(14)22-17(20)21-13-9-5-4-6-10-13/h4-12H,1-3H3. The second-order valence-corrected chi connectivity index (χ2v) is 5.77. The van der Waals surface area contributed by atoms with E-state index in [-0.39, 0.29) is 11.3 Å². The lowest BCUT2D eigenvalue weighted by molar-refractivity contribution is 0.00670. The van der Waals surface area contributed by atoms with E-state index in [1.165, 1.54) is 12.1 Å². The van der Waals surface area contributed by atoms with Gasteiger partial charge in [0.1, 0.15) is 22.7 Å². The summed E-state index contributed by atoms with van der Waals surface area (Å²) in [6.07, 6.45) is -0.924. The molecule has 0 heterocycles. The predicted molar refractivity (Wildman–Crippen MR) is 84.7 cm³/mol. The molecule has 2 rings (SSSR count). The van der Waals surface area contributed by atoms with Gasteiger partial charge < -0.3 is 14.2 Å². The third kappa shape index (κ3) is 5.14. The molecular formula is C18H18O5. The summed E-state index contributed by atoms with van der Waals surface area (Å²) >= 11 is 0. The molecule has 0 aliphatic carbocycles. The Kier molecular flexibility index (Phi) is 5.01. The first-order valence-corrected chi connectivity index (χ1v) is 7.12. The molecule has 5 nitrogen and oxygen atoms in total. The third-order valence-corrected chi connectivity index (χ3v) is 2.64. The van der Waals surface area contributed by atoms with Gasteiger partial charge in [-0.1, -0.05) is 30.3 Å². The molecule has 0 aliphatic rings. The van der Waals surface area contributed by atoms with Crippen LogP contribution in [0, 0.1) is 0 Å². The summed E-state index contributed by atoms with van der Waals surface area (Å²) in [5.74, 6) is -0.129. The first-order valence-electron chi connectivity index (χ1n) is 7.12. The van der Waals surface area contributed by atoms with Crippen LogP contribution in [-0.4, -0.2) is 17.7 Å². The van der Waals surface area contributed by atoms with E-state index in [4.69, 9.17) is 14.2 Å². The number of benzene rings is 2. The van der Waals surface area contributed by atoms with Crippen LogP contribution in [0.25, 0.3) is 0 Å². The van der Waals surface area contributed by atoms with Crippen molar-refractivity contribution in [2.45, 2.75) is 26.4 Å². The molecule has 0 fully saturated rings. The van der Waals surface area contributed by atoms with Crippen molar-refractivity contribution in [2.75, 3.05) is 0 Å². The van der Waals surface area contributed by atoms with Gasteiger partial charge in [-0.3, -0.25) is 0 Å². The highest BCUT2D eigenvalue weighted by atomic mass is 16.7. The average Bonchev–Trinajstić information content (AvgIpc) is 2.47. The zero-order chi connectivity index (χ0) is 16.9. The summed E-state index contributed by atoms with van der Waals surface area (Å²) in [4.78, 5) is 24.0. The lowest BCUT2D eigenvalue weighted by Crippen LogP contribution is -2.24. The molecule has 120 valence electrons. The lowest BCUT2D eigenvalue weighted by Gasteiger charge is -2.20. The number of hydrogen-bond donors (Lipinski definition) is 0. The van der Waals surface area contributed by atoms with Gasteiger partial charge in [-0.2, -0.15) is 0 Å². The molecule has 2 aromatic rings. The SMILES string of the molecule is CC(C)(C)OC(=O)c1ccccc1OC(=O)Oc1ccccc1. The van der Waals surface area contributed by atoms with Gasteiger partial charge in [-0.15, -0.1) is 0 Å². The molecule has 0 amide bonds. The molecule has 0 atom stereocenters. The van der Waals surface area contributed by atoms with E-state index in [0.29, 0.717) is 5.75 Å². The Morgan fingerprint density at radius 3 is 2.09 bits per heavy atom. The normalized spacial score (nSPS) is 10.7. The van der Waals surface area contributed by atoms with Crippen molar-refractivity contribution in [1.82, 2.24) is 0 Å². The van der Waals surface area contributed by atoms with E-state index in [9.17, 15) is 9.59 Å². The lowest BCUT2D eigenvalue weighted by atomic mass is 10.1. The van der Waals surface area contributed by atoms with Gasteiger partial charge in [0.05, 0.1) is 0 Å². The van der Waals surface area contributed by atoms with E-state index in [1.54, 1.807) is 63.2 Å². The van der Waals surface area contributed by atoms with Crippen molar-refractivity contribution in [2.24, 2.45) is 0 Å². The molecule has 0 spiro atoms. The number of ether oxygens (including phenoxy) is 3. The van der Waals surface area contributed by atoms with Gasteiger partial charge in [0.15, 0.2) is 0 Å². The van der Waals surface area contributed by atoms with Crippen LogP contribution in [0.5, 0.6) is 11.5 Å². The fourth-order valence-electron chi connectivity index (χ4n) is 1.75. The molecule has 0 radical (unpaired) electrons. The van der Waals surface area contributed by atoms with Crippen molar-refractivity contribution < 1.29 is 23.8 Å². The number of hydrogen-bond acceptors (Lipinski definition) is 5. The highest BCUT2D eigenvalue weighted by molar-refractivity contribution is 5.93. The van der Waals surface area contributed by atoms with Crippen molar-refractivity contribution in [3.63, 3.8) is 0 Å². The summed E-state index contributed by atoms with van der Waals surface area (Å²) in [5, 5.41) is 0. The topological polar surface area (TPSA) is 61.8 Å². The van der Waals surface area contributed by atoms with Crippen LogP contribution in [0.15, 0.2) is 54.6 Å². The molecule has 0 aromatic heterocycles. The summed E-state index contributed by atoms with van der Waals surface area (Å²) in [7, 11) is 0. The zero-order valence-corrected chi connectivity index (χ0v) is 13.2. The van der Waals surface area contributed by atoms with Gasteiger partial charge in [0, 0.05) is 0 Å². The molecule has 0 saturated carbocycles. The maximum Gasteiger partial charge on any atom is 0.519 e. The molecule has 23 heavy (non-hydrogen) atoms. The Hall–Kier alpha value is -2.82. The molecular weight excluding hydrogens is 296 g/mol. The molecule has 5 heteroatoms. The van der Waals surface area contributed by atoms with E-state index in [2.05, 4.69) is 0 Å². The Balaban J connectivity index is 2.11. The first-order chi connectivity index (χ1) is 10.8. The molecule has 0 N–H and O–H groups in total. The molecule has 0 bridgehead atoms. The highest BCUT2D eigenvalue weighted by Crippen LogP contribution is 2.22. The van der Waals surface area contributed by atoms with Crippen LogP contribution in [0.3, 0.4) is 0 Å². The summed E-state index contributed by atoms with van der Waals surface area (Å²) in [5.41, 5.74) is -0.484. The smallest absolute Gasteiger partial charge is 0.456 e. The number of rotatable bonds is 3. The van der Waals surface area contributed by atoms with Crippen LogP contribution in [0.1, 0.15) is 31.1 Å². The van der Waals surface area contributed by atoms with E-state index >= 15 is 0 Å². The van der Waals surface area contributed by atoms with Gasteiger partial charge in [0.2, 0.25) is 0 Å². The van der Waals surface area contributed by atoms with Gasteiger partial charge >= 0.3 is 12.1 Å². The van der Waals surface area contributed by atoms with Crippen LogP contribution in [0.4, 0.5) is 4.79 Å². The maximum absolute atomic E-state index is 12.2. The molecule has 0 saturated heterocycles. The number of carbonyl (C=O) groups excluding carboxylic acids is 2.